The molecule has 2 heteroatoms. The van der Waals surface area contributed by atoms with Crippen molar-refractivity contribution in [2.45, 2.75) is 45.3 Å². The van der Waals surface area contributed by atoms with Crippen LogP contribution in [0.25, 0.3) is 0 Å². The molecule has 11 heavy (non-hydrogen) atoms. The molecule has 64 valence electrons. The summed E-state index contributed by atoms with van der Waals surface area (Å²) in [7, 11) is 0. The monoisotopic (exact) mass is 156 g/mol. The van der Waals surface area contributed by atoms with E-state index < -0.39 is 11.7 Å². The molecule has 0 rings (SSSR count). The molecule has 0 heterocycles. The molecule has 2 atom stereocenters. The van der Waals surface area contributed by atoms with Gasteiger partial charge in [0.1, 0.15) is 11.7 Å². The molecule has 0 aliphatic carbocycles. The second-order valence-corrected chi connectivity index (χ2v) is 2.82. The summed E-state index contributed by atoms with van der Waals surface area (Å²) in [5.41, 5.74) is -0.948. The molecule has 0 spiro atoms. The fourth-order valence-corrected chi connectivity index (χ4v) is 0.429. The van der Waals surface area contributed by atoms with Crippen LogP contribution in [0, 0.1) is 11.8 Å². The average molecular weight is 156 g/mol. The van der Waals surface area contributed by atoms with Gasteiger partial charge in [0.2, 0.25) is 0 Å². The normalized spacial score (nSPS) is 17.9. The molecule has 2 unspecified atom stereocenters. The summed E-state index contributed by atoms with van der Waals surface area (Å²) in [6.45, 7) is 5.34. The highest BCUT2D eigenvalue weighted by Gasteiger charge is 2.12. The molecule has 0 radical (unpaired) electrons. The number of aliphatic hydroxyl groups is 2. The Morgan fingerprint density at radius 1 is 1.45 bits per heavy atom. The van der Waals surface area contributed by atoms with Crippen molar-refractivity contribution in [2.24, 2.45) is 0 Å². The third kappa shape index (κ3) is 4.83. The van der Waals surface area contributed by atoms with E-state index in [0.717, 1.165) is 0 Å². The number of hydrogen-bond acceptors (Lipinski definition) is 2. The van der Waals surface area contributed by atoms with E-state index in [9.17, 15) is 5.11 Å². The summed E-state index contributed by atoms with van der Waals surface area (Å²) in [6, 6.07) is 0. The van der Waals surface area contributed by atoms with Crippen molar-refractivity contribution in [1.29, 1.82) is 0 Å². The van der Waals surface area contributed by atoms with Gasteiger partial charge in [-0.2, -0.15) is 0 Å². The molecule has 0 fully saturated rings. The predicted molar refractivity (Wildman–Crippen MR) is 45.0 cm³/mol. The van der Waals surface area contributed by atoms with E-state index in [2.05, 4.69) is 11.8 Å². The van der Waals surface area contributed by atoms with Gasteiger partial charge in [0, 0.05) is 0 Å². The largest absolute Gasteiger partial charge is 0.380 e. The molecule has 2 nitrogen and oxygen atoms in total. The van der Waals surface area contributed by atoms with Crippen LogP contribution in [0.4, 0.5) is 0 Å². The first kappa shape index (κ1) is 10.5. The van der Waals surface area contributed by atoms with E-state index >= 15 is 0 Å². The van der Waals surface area contributed by atoms with Crippen molar-refractivity contribution in [3.63, 3.8) is 0 Å². The number of rotatable bonds is 2. The predicted octanol–water partition coefficient (Wildman–Crippen LogP) is 0.922. The summed E-state index contributed by atoms with van der Waals surface area (Å²) in [5, 5.41) is 18.4. The lowest BCUT2D eigenvalue weighted by atomic mass is 10.0. The van der Waals surface area contributed by atoms with Crippen molar-refractivity contribution < 1.29 is 10.2 Å². The van der Waals surface area contributed by atoms with Gasteiger partial charge in [-0.25, -0.2) is 0 Å². The molecule has 0 aromatic heterocycles. The average Bonchev–Trinajstić information content (AvgIpc) is 2.00. The lowest BCUT2D eigenvalue weighted by Crippen LogP contribution is -2.20. The van der Waals surface area contributed by atoms with E-state index in [1.807, 2.05) is 13.8 Å². The SMILES string of the molecule is CCC(O)C#CC(C)(O)CC. The van der Waals surface area contributed by atoms with Gasteiger partial charge in [-0.05, 0) is 19.8 Å². The van der Waals surface area contributed by atoms with Crippen molar-refractivity contribution in [3.05, 3.63) is 0 Å². The first-order valence-electron chi connectivity index (χ1n) is 3.95. The van der Waals surface area contributed by atoms with Crippen molar-refractivity contribution in [3.8, 4) is 11.8 Å². The zero-order valence-corrected chi connectivity index (χ0v) is 7.39. The van der Waals surface area contributed by atoms with Crippen LogP contribution in [0.3, 0.4) is 0 Å². The third-order valence-corrected chi connectivity index (χ3v) is 1.58. The number of aliphatic hydroxyl groups excluding tert-OH is 1. The summed E-state index contributed by atoms with van der Waals surface area (Å²) in [5.74, 6) is 5.19. The highest BCUT2D eigenvalue weighted by Crippen LogP contribution is 2.05. The quantitative estimate of drug-likeness (QED) is 0.584. The van der Waals surface area contributed by atoms with E-state index in [0.29, 0.717) is 12.8 Å². The van der Waals surface area contributed by atoms with Crippen LogP contribution in [0.1, 0.15) is 33.6 Å². The highest BCUT2D eigenvalue weighted by atomic mass is 16.3. The molecular formula is C9H16O2. The Morgan fingerprint density at radius 2 is 2.00 bits per heavy atom. The molecule has 2 N–H and O–H groups in total. The molecule has 0 bridgehead atoms. The summed E-state index contributed by atoms with van der Waals surface area (Å²) < 4.78 is 0. The van der Waals surface area contributed by atoms with Gasteiger partial charge >= 0.3 is 0 Å². The Labute approximate surface area is 68.2 Å². The van der Waals surface area contributed by atoms with Gasteiger partial charge in [-0.3, -0.25) is 0 Å². The van der Waals surface area contributed by atoms with Crippen LogP contribution in [0.5, 0.6) is 0 Å². The molecule has 0 aliphatic rings. The third-order valence-electron chi connectivity index (χ3n) is 1.58. The van der Waals surface area contributed by atoms with Gasteiger partial charge in [-0.15, -0.1) is 0 Å². The minimum atomic E-state index is -0.948. The lowest BCUT2D eigenvalue weighted by molar-refractivity contribution is 0.117. The minimum Gasteiger partial charge on any atom is -0.380 e. The van der Waals surface area contributed by atoms with Crippen LogP contribution in [0.15, 0.2) is 0 Å². The van der Waals surface area contributed by atoms with Crippen molar-refractivity contribution in [2.75, 3.05) is 0 Å². The summed E-state index contributed by atoms with van der Waals surface area (Å²) >= 11 is 0. The van der Waals surface area contributed by atoms with Crippen LogP contribution >= 0.6 is 0 Å². The molecule has 0 saturated carbocycles. The maximum Gasteiger partial charge on any atom is 0.122 e. The van der Waals surface area contributed by atoms with Crippen LogP contribution in [-0.4, -0.2) is 21.9 Å². The van der Waals surface area contributed by atoms with Gasteiger partial charge in [0.05, 0.1) is 0 Å². The molecule has 0 saturated heterocycles. The first-order valence-corrected chi connectivity index (χ1v) is 3.95. The van der Waals surface area contributed by atoms with E-state index in [-0.39, 0.29) is 0 Å². The van der Waals surface area contributed by atoms with Gasteiger partial charge < -0.3 is 10.2 Å². The second kappa shape index (κ2) is 4.38. The minimum absolute atomic E-state index is 0.580. The molecule has 0 aliphatic heterocycles. The zero-order chi connectivity index (χ0) is 8.91. The lowest BCUT2D eigenvalue weighted by Gasteiger charge is -2.12. The molecule has 0 amide bonds. The maximum absolute atomic E-state index is 9.38. The standard InChI is InChI=1S/C9H16O2/c1-4-8(10)6-7-9(3,11)5-2/h8,10-11H,4-5H2,1-3H3. The topological polar surface area (TPSA) is 40.5 Å². The Kier molecular flexibility index (Phi) is 4.17. The van der Waals surface area contributed by atoms with E-state index in [1.54, 1.807) is 6.92 Å². The van der Waals surface area contributed by atoms with Crippen molar-refractivity contribution in [1.82, 2.24) is 0 Å². The molecule has 0 aromatic carbocycles. The van der Waals surface area contributed by atoms with Crippen LogP contribution in [0.2, 0.25) is 0 Å². The Morgan fingerprint density at radius 3 is 2.36 bits per heavy atom. The van der Waals surface area contributed by atoms with Crippen LogP contribution < -0.4 is 0 Å². The Balaban J connectivity index is 4.05. The highest BCUT2D eigenvalue weighted by molar-refractivity contribution is 5.14. The maximum atomic E-state index is 9.38. The fourth-order valence-electron chi connectivity index (χ4n) is 0.429. The van der Waals surface area contributed by atoms with E-state index in [4.69, 9.17) is 5.11 Å². The smallest absolute Gasteiger partial charge is 0.122 e. The van der Waals surface area contributed by atoms with Crippen molar-refractivity contribution >= 4 is 0 Å². The van der Waals surface area contributed by atoms with Gasteiger partial charge in [0.25, 0.3) is 0 Å². The summed E-state index contributed by atoms with van der Waals surface area (Å²) in [6.07, 6.45) is 0.580. The summed E-state index contributed by atoms with van der Waals surface area (Å²) in [4.78, 5) is 0. The molecular weight excluding hydrogens is 140 g/mol. The van der Waals surface area contributed by atoms with Crippen LogP contribution in [-0.2, 0) is 0 Å². The second-order valence-electron chi connectivity index (χ2n) is 2.82. The zero-order valence-electron chi connectivity index (χ0n) is 7.39. The van der Waals surface area contributed by atoms with Gasteiger partial charge in [-0.1, -0.05) is 25.7 Å². The molecule has 0 aromatic rings. The fraction of sp³-hybridized carbons (Fsp3) is 0.778. The Hall–Kier alpha value is -0.520. The first-order chi connectivity index (χ1) is 5.02. The number of hydrogen-bond donors (Lipinski definition) is 2. The Bertz CT molecular complexity index is 162. The van der Waals surface area contributed by atoms with E-state index in [1.165, 1.54) is 0 Å². The van der Waals surface area contributed by atoms with Gasteiger partial charge in [0.15, 0.2) is 0 Å².